The van der Waals surface area contributed by atoms with Gasteiger partial charge in [-0.1, -0.05) is 41.5 Å². The molecule has 2 fully saturated rings. The van der Waals surface area contributed by atoms with E-state index >= 15 is 0 Å². The summed E-state index contributed by atoms with van der Waals surface area (Å²) in [6.07, 6.45) is 0. The molecule has 2 aliphatic carbocycles. The maximum Gasteiger partial charge on any atom is 0.307 e. The molecule has 0 spiro atoms. The second-order valence-corrected chi connectivity index (χ2v) is 8.53. The topological polar surface area (TPSA) is 149 Å². The largest absolute Gasteiger partial charge is 0.481 e. The van der Waals surface area contributed by atoms with Gasteiger partial charge in [0.2, 0.25) is 0 Å². The molecule has 8 nitrogen and oxygen atoms in total. The molecule has 2 saturated carbocycles. The molecule has 0 aromatic carbocycles. The van der Waals surface area contributed by atoms with Crippen molar-refractivity contribution >= 4 is 23.9 Å². The van der Waals surface area contributed by atoms with Crippen molar-refractivity contribution in [1.82, 2.24) is 0 Å². The van der Waals surface area contributed by atoms with Gasteiger partial charge in [0.05, 0.1) is 23.7 Å². The molecular weight excluding hydrogens is 332 g/mol. The lowest BCUT2D eigenvalue weighted by atomic mass is 9.40. The number of carbonyl (C=O) groups is 4. The van der Waals surface area contributed by atoms with Crippen LogP contribution in [0.1, 0.15) is 41.5 Å². The van der Waals surface area contributed by atoms with Crippen molar-refractivity contribution in [2.75, 3.05) is 0 Å². The minimum absolute atomic E-state index is 0.470. The maximum absolute atomic E-state index is 10.9. The lowest BCUT2D eigenvalue weighted by Gasteiger charge is -2.61. The quantitative estimate of drug-likeness (QED) is 0.595. The summed E-state index contributed by atoms with van der Waals surface area (Å²) in [5.74, 6) is -7.03. The molecule has 4 unspecified atom stereocenters. The van der Waals surface area contributed by atoms with Gasteiger partial charge in [0.25, 0.3) is 0 Å². The second kappa shape index (κ2) is 6.00. The van der Waals surface area contributed by atoms with Crippen molar-refractivity contribution in [2.24, 2.45) is 39.9 Å². The molecule has 2 rings (SSSR count). The van der Waals surface area contributed by atoms with Crippen LogP contribution >= 0.6 is 0 Å². The summed E-state index contributed by atoms with van der Waals surface area (Å²) in [6.45, 7) is 10.6. The number of carboxylic acid groups (broad SMARTS) is 4. The lowest BCUT2D eigenvalue weighted by molar-refractivity contribution is -0.209. The van der Waals surface area contributed by atoms with Gasteiger partial charge in [-0.3, -0.25) is 19.2 Å². The number of aliphatic carboxylic acids is 4. The normalized spacial score (nSPS) is 33.0. The Bertz CT molecular complexity index is 564. The fraction of sp³-hybridized carbons (Fsp3) is 0.765. The molecule has 4 atom stereocenters. The second-order valence-electron chi connectivity index (χ2n) is 8.53. The summed E-state index contributed by atoms with van der Waals surface area (Å²) in [5, 5.41) is 35.0. The third-order valence-electron chi connectivity index (χ3n) is 6.44. The van der Waals surface area contributed by atoms with E-state index in [4.69, 9.17) is 20.4 Å². The van der Waals surface area contributed by atoms with E-state index in [9.17, 15) is 19.2 Å². The van der Waals surface area contributed by atoms with E-state index in [1.165, 1.54) is 0 Å². The van der Waals surface area contributed by atoms with Gasteiger partial charge in [-0.2, -0.15) is 0 Å². The highest BCUT2D eigenvalue weighted by molar-refractivity contribution is 5.87. The number of carboxylic acids is 4. The summed E-state index contributed by atoms with van der Waals surface area (Å²) in [4.78, 5) is 42.7. The molecule has 0 bridgehead atoms. The van der Waals surface area contributed by atoms with Crippen molar-refractivity contribution in [2.45, 2.75) is 41.5 Å². The third-order valence-corrected chi connectivity index (χ3v) is 6.44. The summed E-state index contributed by atoms with van der Waals surface area (Å²) in [7, 11) is 0. The Kier molecular flexibility index (Phi) is 5.02. The molecule has 4 N–H and O–H groups in total. The molecule has 0 saturated heterocycles. The highest BCUT2D eigenvalue weighted by atomic mass is 16.4. The molecule has 0 aliphatic heterocycles. The van der Waals surface area contributed by atoms with Crippen molar-refractivity contribution in [3.8, 4) is 0 Å². The van der Waals surface area contributed by atoms with E-state index in [0.717, 1.165) is 0 Å². The molecular formula is C17H26O8. The summed E-state index contributed by atoms with van der Waals surface area (Å²) < 4.78 is 0. The van der Waals surface area contributed by atoms with Crippen LogP contribution in [0.25, 0.3) is 0 Å². The van der Waals surface area contributed by atoms with E-state index in [-0.39, 0.29) is 0 Å². The Labute approximate surface area is 145 Å². The Hall–Kier alpha value is -2.12. The standard InChI is InChI=1S/C10H16O4.C7H10O4/c1-9(2)5(7(11)12)6(8(13)14)10(9,3)4;1-7(2)3(5(8)9)4(7)6(10)11/h5-6H,1-4H3,(H,11,12)(H,13,14);3-4H,1-2H3,(H,8,9)(H,10,11). The van der Waals surface area contributed by atoms with E-state index in [1.54, 1.807) is 13.8 Å². The maximum atomic E-state index is 10.9. The molecule has 2 aliphatic rings. The Balaban J connectivity index is 0.000000257. The van der Waals surface area contributed by atoms with Gasteiger partial charge in [0.1, 0.15) is 0 Å². The van der Waals surface area contributed by atoms with Crippen molar-refractivity contribution in [3.63, 3.8) is 0 Å². The number of rotatable bonds is 4. The first kappa shape index (κ1) is 20.9. The fourth-order valence-electron chi connectivity index (χ4n) is 4.00. The molecule has 0 aromatic rings. The average Bonchev–Trinajstić information content (AvgIpc) is 2.98. The minimum Gasteiger partial charge on any atom is -0.481 e. The van der Waals surface area contributed by atoms with Gasteiger partial charge in [-0.25, -0.2) is 0 Å². The number of hydrogen-bond donors (Lipinski definition) is 4. The first-order valence-corrected chi connectivity index (χ1v) is 7.94. The Morgan fingerprint density at radius 1 is 0.520 bits per heavy atom. The molecule has 0 amide bonds. The highest BCUT2D eigenvalue weighted by Gasteiger charge is 2.68. The monoisotopic (exact) mass is 358 g/mol. The van der Waals surface area contributed by atoms with Gasteiger partial charge in [-0.05, 0) is 16.2 Å². The van der Waals surface area contributed by atoms with Gasteiger partial charge in [0, 0.05) is 0 Å². The zero-order chi connectivity index (χ0) is 20.1. The molecule has 142 valence electrons. The van der Waals surface area contributed by atoms with E-state index in [2.05, 4.69) is 0 Å². The van der Waals surface area contributed by atoms with Gasteiger partial charge in [-0.15, -0.1) is 0 Å². The van der Waals surface area contributed by atoms with Crippen LogP contribution in [0, 0.1) is 39.9 Å². The summed E-state index contributed by atoms with van der Waals surface area (Å²) >= 11 is 0. The summed E-state index contributed by atoms with van der Waals surface area (Å²) in [5.41, 5.74) is -1.51. The fourth-order valence-corrected chi connectivity index (χ4v) is 4.00. The SMILES string of the molecule is CC1(C)C(C(=O)O)C(C(=O)O)C1(C)C.CC1(C)C(C(=O)O)C1C(=O)O. The van der Waals surface area contributed by atoms with Crippen LogP contribution in [0.3, 0.4) is 0 Å². The zero-order valence-corrected chi connectivity index (χ0v) is 15.2. The van der Waals surface area contributed by atoms with Crippen molar-refractivity contribution in [1.29, 1.82) is 0 Å². The van der Waals surface area contributed by atoms with Gasteiger partial charge in [0.15, 0.2) is 0 Å². The van der Waals surface area contributed by atoms with Crippen molar-refractivity contribution in [3.05, 3.63) is 0 Å². The first-order valence-electron chi connectivity index (χ1n) is 7.94. The van der Waals surface area contributed by atoms with Crippen LogP contribution in [-0.4, -0.2) is 44.3 Å². The van der Waals surface area contributed by atoms with E-state index in [1.807, 2.05) is 27.7 Å². The predicted octanol–water partition coefficient (Wildman–Crippen LogP) is 1.88. The zero-order valence-electron chi connectivity index (χ0n) is 15.2. The van der Waals surface area contributed by atoms with Crippen LogP contribution < -0.4 is 0 Å². The average molecular weight is 358 g/mol. The van der Waals surface area contributed by atoms with Crippen LogP contribution in [-0.2, 0) is 19.2 Å². The Morgan fingerprint density at radius 2 is 0.720 bits per heavy atom. The molecule has 8 heteroatoms. The smallest absolute Gasteiger partial charge is 0.307 e. The molecule has 0 heterocycles. The lowest BCUT2D eigenvalue weighted by Crippen LogP contribution is -2.65. The molecule has 0 radical (unpaired) electrons. The van der Waals surface area contributed by atoms with Crippen LogP contribution in [0.4, 0.5) is 0 Å². The minimum atomic E-state index is -1.01. The van der Waals surface area contributed by atoms with Crippen LogP contribution in [0.5, 0.6) is 0 Å². The highest BCUT2D eigenvalue weighted by Crippen LogP contribution is 2.64. The van der Waals surface area contributed by atoms with Gasteiger partial charge < -0.3 is 20.4 Å². The summed E-state index contributed by atoms with van der Waals surface area (Å²) in [6, 6.07) is 0. The first-order chi connectivity index (χ1) is 11.0. The van der Waals surface area contributed by atoms with E-state index in [0.29, 0.717) is 0 Å². The third kappa shape index (κ3) is 3.09. The van der Waals surface area contributed by atoms with Gasteiger partial charge >= 0.3 is 23.9 Å². The number of hydrogen-bond acceptors (Lipinski definition) is 4. The molecule has 0 aromatic heterocycles. The van der Waals surface area contributed by atoms with E-state index < -0.39 is 63.8 Å². The van der Waals surface area contributed by atoms with Crippen molar-refractivity contribution < 1.29 is 39.6 Å². The van der Waals surface area contributed by atoms with Crippen LogP contribution in [0.15, 0.2) is 0 Å². The molecule has 25 heavy (non-hydrogen) atoms. The van der Waals surface area contributed by atoms with Crippen LogP contribution in [0.2, 0.25) is 0 Å². The predicted molar refractivity (Wildman–Crippen MR) is 85.8 cm³/mol. The Morgan fingerprint density at radius 3 is 0.840 bits per heavy atom.